The molecule has 3 N–H and O–H groups in total. The van der Waals surface area contributed by atoms with Gasteiger partial charge in [-0.15, -0.1) is 0 Å². The summed E-state index contributed by atoms with van der Waals surface area (Å²) in [5.41, 5.74) is 1.02. The molecule has 2 aromatic rings. The van der Waals surface area contributed by atoms with Gasteiger partial charge >= 0.3 is 5.97 Å². The van der Waals surface area contributed by atoms with Gasteiger partial charge in [0.05, 0.1) is 5.56 Å². The van der Waals surface area contributed by atoms with Crippen molar-refractivity contribution in [2.45, 2.75) is 6.92 Å². The van der Waals surface area contributed by atoms with Gasteiger partial charge in [-0.2, -0.15) is 0 Å². The number of amides is 1. The van der Waals surface area contributed by atoms with Crippen LogP contribution in [0.3, 0.4) is 0 Å². The van der Waals surface area contributed by atoms with Crippen molar-refractivity contribution in [1.29, 1.82) is 0 Å². The molecule has 0 saturated carbocycles. The van der Waals surface area contributed by atoms with Gasteiger partial charge in [-0.3, -0.25) is 4.79 Å². The van der Waals surface area contributed by atoms with Gasteiger partial charge in [0.2, 0.25) is 5.91 Å². The van der Waals surface area contributed by atoms with Crippen LogP contribution in [0.15, 0.2) is 54.6 Å². The lowest BCUT2D eigenvalue weighted by molar-refractivity contribution is -0.114. The number of benzene rings is 2. The summed E-state index contributed by atoms with van der Waals surface area (Å²) < 4.78 is 0. The summed E-state index contributed by atoms with van der Waals surface area (Å²) in [5.74, 6) is -0.801. The van der Waals surface area contributed by atoms with E-state index < -0.39 is 5.97 Å². The normalized spacial score (nSPS) is 9.05. The molecule has 0 aliphatic heterocycles. The molecule has 5 nitrogen and oxygen atoms in total. The Morgan fingerprint density at radius 1 is 0.950 bits per heavy atom. The van der Waals surface area contributed by atoms with E-state index in [1.807, 2.05) is 0 Å². The molecule has 20 heavy (non-hydrogen) atoms. The second-order valence-electron chi connectivity index (χ2n) is 3.90. The number of carboxylic acids is 1. The first-order valence-corrected chi connectivity index (χ1v) is 5.84. The van der Waals surface area contributed by atoms with E-state index in [2.05, 4.69) is 5.32 Å². The largest absolute Gasteiger partial charge is 0.508 e. The maximum absolute atomic E-state index is 10.5. The fraction of sp³-hybridized carbons (Fsp3) is 0.0667. The van der Waals surface area contributed by atoms with Gasteiger partial charge in [-0.1, -0.05) is 18.2 Å². The first kappa shape index (κ1) is 15.2. The molecule has 0 aliphatic carbocycles. The van der Waals surface area contributed by atoms with Crippen LogP contribution >= 0.6 is 0 Å². The molecule has 2 aromatic carbocycles. The Bertz CT molecular complexity index is 564. The first-order chi connectivity index (χ1) is 9.49. The number of carboxylic acid groups (broad SMARTS) is 1. The molecule has 0 bridgehead atoms. The van der Waals surface area contributed by atoms with E-state index in [1.54, 1.807) is 42.5 Å². The second kappa shape index (κ2) is 7.58. The molecule has 0 fully saturated rings. The zero-order valence-corrected chi connectivity index (χ0v) is 10.9. The Balaban J connectivity index is 0.000000204. The number of hydrogen-bond acceptors (Lipinski definition) is 3. The summed E-state index contributed by atoms with van der Waals surface area (Å²) >= 11 is 0. The van der Waals surface area contributed by atoms with Crippen molar-refractivity contribution in [3.63, 3.8) is 0 Å². The van der Waals surface area contributed by atoms with Gasteiger partial charge in [0.1, 0.15) is 5.75 Å². The SMILES string of the molecule is CC(=O)Nc1ccc(O)cc1.O=C(O)c1ccccc1. The highest BCUT2D eigenvalue weighted by Crippen LogP contribution is 2.13. The summed E-state index contributed by atoms with van der Waals surface area (Å²) in [4.78, 5) is 20.7. The van der Waals surface area contributed by atoms with E-state index in [0.717, 1.165) is 0 Å². The summed E-state index contributed by atoms with van der Waals surface area (Å²) in [6, 6.07) is 14.6. The number of aromatic hydroxyl groups is 1. The minimum atomic E-state index is -0.879. The number of anilines is 1. The third-order valence-electron chi connectivity index (χ3n) is 2.21. The lowest BCUT2D eigenvalue weighted by Crippen LogP contribution is -2.04. The molecule has 104 valence electrons. The van der Waals surface area contributed by atoms with E-state index in [9.17, 15) is 9.59 Å². The van der Waals surface area contributed by atoms with Crippen LogP contribution in [0, 0.1) is 0 Å². The molecule has 1 amide bonds. The Kier molecular flexibility index (Phi) is 5.77. The summed E-state index contributed by atoms with van der Waals surface area (Å²) in [5, 5.41) is 19.8. The van der Waals surface area contributed by atoms with Crippen molar-refractivity contribution < 1.29 is 19.8 Å². The number of phenolic OH excluding ortho intramolecular Hbond substituents is 1. The van der Waals surface area contributed by atoms with Crippen molar-refractivity contribution in [2.24, 2.45) is 0 Å². The Morgan fingerprint density at radius 3 is 1.90 bits per heavy atom. The standard InChI is InChI=1S/C8H9NO2.C7H6O2/c1-6(10)9-7-2-4-8(11)5-3-7;8-7(9)6-4-2-1-3-5-6/h2-5,11H,1H3,(H,9,10);1-5H,(H,8,9). The number of aromatic carboxylic acids is 1. The molecule has 0 spiro atoms. The molecular weight excluding hydrogens is 258 g/mol. The number of hydrogen-bond donors (Lipinski definition) is 3. The Hall–Kier alpha value is -2.82. The molecule has 0 unspecified atom stereocenters. The number of nitrogens with one attached hydrogen (secondary N) is 1. The van der Waals surface area contributed by atoms with Gasteiger partial charge in [0, 0.05) is 12.6 Å². The van der Waals surface area contributed by atoms with E-state index in [4.69, 9.17) is 10.2 Å². The maximum Gasteiger partial charge on any atom is 0.335 e. The molecule has 0 saturated heterocycles. The molecule has 0 heterocycles. The monoisotopic (exact) mass is 273 g/mol. The quantitative estimate of drug-likeness (QED) is 0.734. The zero-order chi connectivity index (χ0) is 15.0. The van der Waals surface area contributed by atoms with Crippen molar-refractivity contribution in [3.05, 3.63) is 60.2 Å². The summed E-state index contributed by atoms with van der Waals surface area (Å²) in [6.45, 7) is 1.44. The minimum Gasteiger partial charge on any atom is -0.508 e. The molecule has 0 aliphatic rings. The van der Waals surface area contributed by atoms with Crippen LogP contribution in [0.1, 0.15) is 17.3 Å². The molecule has 2 rings (SSSR count). The number of carbonyl (C=O) groups excluding carboxylic acids is 1. The van der Waals surface area contributed by atoms with Crippen LogP contribution in [-0.4, -0.2) is 22.1 Å². The van der Waals surface area contributed by atoms with Gasteiger partial charge in [-0.25, -0.2) is 4.79 Å². The van der Waals surface area contributed by atoms with Crippen LogP contribution in [0.2, 0.25) is 0 Å². The average molecular weight is 273 g/mol. The van der Waals surface area contributed by atoms with Gasteiger partial charge in [0.15, 0.2) is 0 Å². The third-order valence-corrected chi connectivity index (χ3v) is 2.21. The second-order valence-corrected chi connectivity index (χ2v) is 3.90. The predicted molar refractivity (Wildman–Crippen MR) is 75.8 cm³/mol. The van der Waals surface area contributed by atoms with E-state index >= 15 is 0 Å². The van der Waals surface area contributed by atoms with Crippen LogP contribution < -0.4 is 5.32 Å². The average Bonchev–Trinajstić information content (AvgIpc) is 2.43. The van der Waals surface area contributed by atoms with Crippen LogP contribution in [0.4, 0.5) is 5.69 Å². The highest BCUT2D eigenvalue weighted by Gasteiger charge is 1.96. The highest BCUT2D eigenvalue weighted by atomic mass is 16.4. The van der Waals surface area contributed by atoms with Crippen LogP contribution in [0.25, 0.3) is 0 Å². The molecule has 5 heteroatoms. The number of carbonyl (C=O) groups is 2. The van der Waals surface area contributed by atoms with Crippen molar-refractivity contribution >= 4 is 17.6 Å². The third kappa shape index (κ3) is 5.68. The molecule has 0 aromatic heterocycles. The zero-order valence-electron chi connectivity index (χ0n) is 10.9. The van der Waals surface area contributed by atoms with Gasteiger partial charge in [-0.05, 0) is 36.4 Å². The lowest BCUT2D eigenvalue weighted by Gasteiger charge is -1.99. The fourth-order valence-corrected chi connectivity index (χ4v) is 1.33. The van der Waals surface area contributed by atoms with E-state index in [0.29, 0.717) is 11.3 Å². The van der Waals surface area contributed by atoms with E-state index in [1.165, 1.54) is 19.1 Å². The Labute approximate surface area is 116 Å². The predicted octanol–water partition coefficient (Wildman–Crippen LogP) is 2.74. The van der Waals surface area contributed by atoms with Crippen LogP contribution in [-0.2, 0) is 4.79 Å². The smallest absolute Gasteiger partial charge is 0.335 e. The summed E-state index contributed by atoms with van der Waals surface area (Å²) in [6.07, 6.45) is 0. The number of rotatable bonds is 2. The minimum absolute atomic E-state index is 0.115. The topological polar surface area (TPSA) is 86.6 Å². The first-order valence-electron chi connectivity index (χ1n) is 5.84. The molecule has 0 atom stereocenters. The highest BCUT2D eigenvalue weighted by molar-refractivity contribution is 5.88. The van der Waals surface area contributed by atoms with E-state index in [-0.39, 0.29) is 11.7 Å². The van der Waals surface area contributed by atoms with Crippen molar-refractivity contribution in [3.8, 4) is 5.75 Å². The van der Waals surface area contributed by atoms with Gasteiger partial charge in [0.25, 0.3) is 0 Å². The van der Waals surface area contributed by atoms with Crippen LogP contribution in [0.5, 0.6) is 5.75 Å². The van der Waals surface area contributed by atoms with Crippen molar-refractivity contribution in [1.82, 2.24) is 0 Å². The molecular formula is C15H15NO4. The fourth-order valence-electron chi connectivity index (χ4n) is 1.33. The lowest BCUT2D eigenvalue weighted by atomic mass is 10.2. The summed E-state index contributed by atoms with van der Waals surface area (Å²) in [7, 11) is 0. The number of phenols is 1. The van der Waals surface area contributed by atoms with Gasteiger partial charge < -0.3 is 15.5 Å². The Morgan fingerprint density at radius 2 is 1.50 bits per heavy atom. The maximum atomic E-state index is 10.5. The van der Waals surface area contributed by atoms with Crippen molar-refractivity contribution in [2.75, 3.05) is 5.32 Å². The molecule has 0 radical (unpaired) electrons.